The van der Waals surface area contributed by atoms with Crippen molar-refractivity contribution in [1.29, 1.82) is 0 Å². The summed E-state index contributed by atoms with van der Waals surface area (Å²) in [5, 5.41) is 5.26. The third kappa shape index (κ3) is 2.92. The molecular formula is C12H22N2OS. The topological polar surface area (TPSA) is 33.6 Å². The normalized spacial score (nSPS) is 31.9. The van der Waals surface area contributed by atoms with Gasteiger partial charge in [0.1, 0.15) is 0 Å². The molecule has 1 saturated heterocycles. The van der Waals surface area contributed by atoms with Crippen molar-refractivity contribution >= 4 is 16.9 Å². The third-order valence-electron chi connectivity index (χ3n) is 3.30. The van der Waals surface area contributed by atoms with Gasteiger partial charge in [-0.25, -0.2) is 0 Å². The molecule has 0 radical (unpaired) electrons. The van der Waals surface area contributed by atoms with Crippen molar-refractivity contribution in [2.24, 2.45) is 10.9 Å². The number of hydrogen-bond acceptors (Lipinski definition) is 4. The highest BCUT2D eigenvalue weighted by Gasteiger charge is 2.27. The number of nitrogens with one attached hydrogen (secondary N) is 1. The molecule has 0 spiro atoms. The lowest BCUT2D eigenvalue weighted by molar-refractivity contribution is 0.0896. The van der Waals surface area contributed by atoms with Gasteiger partial charge in [0, 0.05) is 11.9 Å². The van der Waals surface area contributed by atoms with Crippen LogP contribution in [0.25, 0.3) is 0 Å². The molecule has 2 aliphatic rings. The van der Waals surface area contributed by atoms with Crippen molar-refractivity contribution in [3.8, 4) is 0 Å². The molecule has 0 aliphatic carbocycles. The maximum absolute atomic E-state index is 5.67. The number of ether oxygens (including phenoxy) is 1. The van der Waals surface area contributed by atoms with Crippen LogP contribution in [-0.4, -0.2) is 35.7 Å². The molecule has 3 atom stereocenters. The molecular weight excluding hydrogens is 220 g/mol. The van der Waals surface area contributed by atoms with E-state index in [2.05, 4.69) is 31.1 Å². The maximum atomic E-state index is 5.67. The smallest absolute Gasteiger partial charge is 0.157 e. The summed E-state index contributed by atoms with van der Waals surface area (Å²) >= 11 is 1.89. The Labute approximate surface area is 102 Å². The van der Waals surface area contributed by atoms with Crippen LogP contribution < -0.4 is 5.32 Å². The van der Waals surface area contributed by atoms with Crippen molar-refractivity contribution < 1.29 is 4.74 Å². The van der Waals surface area contributed by atoms with Crippen molar-refractivity contribution in [3.63, 3.8) is 0 Å². The molecule has 0 aromatic carbocycles. The van der Waals surface area contributed by atoms with Gasteiger partial charge in [-0.05, 0) is 25.7 Å². The number of thioether (sulfide) groups is 1. The molecule has 2 aliphatic heterocycles. The van der Waals surface area contributed by atoms with E-state index in [1.165, 1.54) is 12.8 Å². The van der Waals surface area contributed by atoms with Crippen LogP contribution in [0.2, 0.25) is 0 Å². The van der Waals surface area contributed by atoms with E-state index in [0.29, 0.717) is 23.3 Å². The number of rotatable bonds is 3. The molecule has 3 unspecified atom stereocenters. The first kappa shape index (κ1) is 12.2. The minimum absolute atomic E-state index is 0.376. The molecule has 3 nitrogen and oxygen atoms in total. The summed E-state index contributed by atoms with van der Waals surface area (Å²) in [7, 11) is 0. The van der Waals surface area contributed by atoms with Crippen LogP contribution in [0, 0.1) is 5.92 Å². The van der Waals surface area contributed by atoms with Crippen LogP contribution in [0.15, 0.2) is 4.99 Å². The molecule has 16 heavy (non-hydrogen) atoms. The summed E-state index contributed by atoms with van der Waals surface area (Å²) in [6.07, 6.45) is 2.76. The van der Waals surface area contributed by atoms with E-state index in [4.69, 9.17) is 4.74 Å². The standard InChI is InChI=1S/C12H22N2OS/c1-8(2)11-7-13-12(16-11)14-9(3)10-5-4-6-15-10/h8-11H,4-7H2,1-3H3,(H,13,14). The van der Waals surface area contributed by atoms with E-state index in [-0.39, 0.29) is 0 Å². The lowest BCUT2D eigenvalue weighted by atomic mass is 10.1. The van der Waals surface area contributed by atoms with Crippen molar-refractivity contribution in [1.82, 2.24) is 5.32 Å². The monoisotopic (exact) mass is 242 g/mol. The summed E-state index contributed by atoms with van der Waals surface area (Å²) in [5.74, 6) is 0.700. The first-order valence-electron chi connectivity index (χ1n) is 6.26. The van der Waals surface area contributed by atoms with Crippen LogP contribution >= 0.6 is 11.8 Å². The van der Waals surface area contributed by atoms with E-state index in [9.17, 15) is 0 Å². The quantitative estimate of drug-likeness (QED) is 0.824. The molecule has 2 heterocycles. The molecule has 0 bridgehead atoms. The Balaban J connectivity index is 1.77. The molecule has 0 aromatic rings. The zero-order valence-corrected chi connectivity index (χ0v) is 11.2. The molecule has 92 valence electrons. The van der Waals surface area contributed by atoms with Gasteiger partial charge in [0.25, 0.3) is 0 Å². The Morgan fingerprint density at radius 2 is 2.25 bits per heavy atom. The van der Waals surface area contributed by atoms with E-state index >= 15 is 0 Å². The average Bonchev–Trinajstić information content (AvgIpc) is 2.87. The van der Waals surface area contributed by atoms with Crippen LogP contribution in [-0.2, 0) is 4.74 Å². The van der Waals surface area contributed by atoms with Crippen molar-refractivity contribution in [2.45, 2.75) is 51.0 Å². The molecule has 4 heteroatoms. The van der Waals surface area contributed by atoms with Gasteiger partial charge >= 0.3 is 0 Å². The third-order valence-corrected chi connectivity index (χ3v) is 4.76. The fourth-order valence-electron chi connectivity index (χ4n) is 2.10. The summed E-state index contributed by atoms with van der Waals surface area (Å²) < 4.78 is 5.67. The second-order valence-electron chi connectivity index (χ2n) is 5.03. The number of nitrogens with zero attached hydrogens (tertiary/aromatic N) is 1. The van der Waals surface area contributed by atoms with Gasteiger partial charge in [0.15, 0.2) is 5.17 Å². The predicted octanol–water partition coefficient (Wildman–Crippen LogP) is 2.27. The van der Waals surface area contributed by atoms with Crippen molar-refractivity contribution in [3.05, 3.63) is 0 Å². The highest BCUT2D eigenvalue weighted by Crippen LogP contribution is 2.26. The summed E-state index contributed by atoms with van der Waals surface area (Å²) in [6.45, 7) is 8.61. The van der Waals surface area contributed by atoms with Gasteiger partial charge in [0.05, 0.1) is 18.7 Å². The van der Waals surface area contributed by atoms with Gasteiger partial charge in [-0.15, -0.1) is 0 Å². The van der Waals surface area contributed by atoms with Crippen molar-refractivity contribution in [2.75, 3.05) is 13.2 Å². The molecule has 1 N–H and O–H groups in total. The molecule has 0 aromatic heterocycles. The summed E-state index contributed by atoms with van der Waals surface area (Å²) in [5.41, 5.74) is 0. The molecule has 0 amide bonds. The Bertz CT molecular complexity index is 262. The molecule has 0 saturated carbocycles. The second-order valence-corrected chi connectivity index (χ2v) is 6.26. The molecule has 1 fully saturated rings. The van der Waals surface area contributed by atoms with Crippen LogP contribution in [0.4, 0.5) is 0 Å². The van der Waals surface area contributed by atoms with Crippen LogP contribution in [0.3, 0.4) is 0 Å². The van der Waals surface area contributed by atoms with E-state index in [1.54, 1.807) is 0 Å². The Morgan fingerprint density at radius 1 is 1.44 bits per heavy atom. The van der Waals surface area contributed by atoms with E-state index in [0.717, 1.165) is 18.3 Å². The molecule has 2 rings (SSSR count). The zero-order chi connectivity index (χ0) is 11.5. The zero-order valence-electron chi connectivity index (χ0n) is 10.4. The number of hydrogen-bond donors (Lipinski definition) is 1. The van der Waals surface area contributed by atoms with E-state index < -0.39 is 0 Å². The van der Waals surface area contributed by atoms with Gasteiger partial charge < -0.3 is 10.1 Å². The first-order chi connectivity index (χ1) is 7.66. The average molecular weight is 242 g/mol. The second kappa shape index (κ2) is 5.41. The number of aliphatic imine (C=N–C) groups is 1. The lowest BCUT2D eigenvalue weighted by Crippen LogP contribution is -2.39. The Kier molecular flexibility index (Phi) is 4.14. The van der Waals surface area contributed by atoms with E-state index in [1.807, 2.05) is 11.8 Å². The highest BCUT2D eigenvalue weighted by atomic mass is 32.2. The SMILES string of the molecule is CC(C)C1CN=C(NC(C)C2CCCO2)S1. The summed E-state index contributed by atoms with van der Waals surface area (Å²) in [4.78, 5) is 4.56. The first-order valence-corrected chi connectivity index (χ1v) is 7.14. The predicted molar refractivity (Wildman–Crippen MR) is 70.1 cm³/mol. The van der Waals surface area contributed by atoms with Gasteiger partial charge in [-0.2, -0.15) is 0 Å². The minimum Gasteiger partial charge on any atom is -0.376 e. The Hall–Kier alpha value is -0.220. The van der Waals surface area contributed by atoms with Gasteiger partial charge in [-0.1, -0.05) is 25.6 Å². The van der Waals surface area contributed by atoms with Gasteiger partial charge in [0.2, 0.25) is 0 Å². The van der Waals surface area contributed by atoms with Crippen LogP contribution in [0.5, 0.6) is 0 Å². The summed E-state index contributed by atoms with van der Waals surface area (Å²) in [6, 6.07) is 0.389. The maximum Gasteiger partial charge on any atom is 0.157 e. The highest BCUT2D eigenvalue weighted by molar-refractivity contribution is 8.14. The lowest BCUT2D eigenvalue weighted by Gasteiger charge is -2.21. The largest absolute Gasteiger partial charge is 0.376 e. The fourth-order valence-corrected chi connectivity index (χ4v) is 3.21. The van der Waals surface area contributed by atoms with Crippen LogP contribution in [0.1, 0.15) is 33.6 Å². The minimum atomic E-state index is 0.376. The fraction of sp³-hybridized carbons (Fsp3) is 0.917. The van der Waals surface area contributed by atoms with Gasteiger partial charge in [-0.3, -0.25) is 4.99 Å². The Morgan fingerprint density at radius 3 is 2.81 bits per heavy atom. The number of amidine groups is 1.